The first kappa shape index (κ1) is 13.7. The maximum atomic E-state index is 13.1. The molecule has 0 unspecified atom stereocenters. The molecule has 1 aliphatic rings. The summed E-state index contributed by atoms with van der Waals surface area (Å²) in [7, 11) is 0. The van der Waals surface area contributed by atoms with Crippen molar-refractivity contribution >= 4 is 5.82 Å². The zero-order chi connectivity index (χ0) is 14.4. The SMILES string of the molecule is CC(C)(C)[C@@H]1C[C@@H](C(F)(F)F)n2ncc(C#N)c2N1. The highest BCUT2D eigenvalue weighted by Crippen LogP contribution is 2.43. The van der Waals surface area contributed by atoms with Gasteiger partial charge < -0.3 is 5.32 Å². The maximum Gasteiger partial charge on any atom is 0.410 e. The Labute approximate surface area is 109 Å². The molecular weight excluding hydrogens is 257 g/mol. The van der Waals surface area contributed by atoms with E-state index in [1.165, 1.54) is 6.20 Å². The van der Waals surface area contributed by atoms with Gasteiger partial charge >= 0.3 is 6.18 Å². The fourth-order valence-electron chi connectivity index (χ4n) is 2.21. The molecule has 1 N–H and O–H groups in total. The number of halogens is 3. The van der Waals surface area contributed by atoms with E-state index < -0.39 is 12.2 Å². The molecule has 0 spiro atoms. The fraction of sp³-hybridized carbons (Fsp3) is 0.667. The van der Waals surface area contributed by atoms with Crippen molar-refractivity contribution in [2.45, 2.75) is 45.5 Å². The van der Waals surface area contributed by atoms with Gasteiger partial charge in [-0.05, 0) is 11.8 Å². The molecule has 104 valence electrons. The number of hydrogen-bond acceptors (Lipinski definition) is 3. The number of anilines is 1. The first-order valence-electron chi connectivity index (χ1n) is 5.95. The van der Waals surface area contributed by atoms with Gasteiger partial charge in [-0.3, -0.25) is 0 Å². The number of rotatable bonds is 0. The first-order valence-corrected chi connectivity index (χ1v) is 5.95. The summed E-state index contributed by atoms with van der Waals surface area (Å²) in [5.74, 6) is 0.163. The van der Waals surface area contributed by atoms with Gasteiger partial charge in [-0.15, -0.1) is 0 Å². The zero-order valence-electron chi connectivity index (χ0n) is 10.9. The molecule has 0 saturated heterocycles. The van der Waals surface area contributed by atoms with Gasteiger partial charge in [0.2, 0.25) is 0 Å². The lowest BCUT2D eigenvalue weighted by Crippen LogP contribution is -2.45. The molecular formula is C12H15F3N4. The summed E-state index contributed by atoms with van der Waals surface area (Å²) in [6.45, 7) is 5.61. The highest BCUT2D eigenvalue weighted by molar-refractivity contribution is 5.53. The van der Waals surface area contributed by atoms with Crippen LogP contribution < -0.4 is 5.32 Å². The molecule has 4 nitrogen and oxygen atoms in total. The van der Waals surface area contributed by atoms with Crippen molar-refractivity contribution in [3.05, 3.63) is 11.8 Å². The number of fused-ring (bicyclic) bond motifs is 1. The Morgan fingerprint density at radius 3 is 2.53 bits per heavy atom. The molecule has 1 aromatic rings. The van der Waals surface area contributed by atoms with Gasteiger partial charge in [-0.25, -0.2) is 4.68 Å². The van der Waals surface area contributed by atoms with Crippen molar-refractivity contribution in [1.29, 1.82) is 5.26 Å². The van der Waals surface area contributed by atoms with Gasteiger partial charge in [0, 0.05) is 6.04 Å². The topological polar surface area (TPSA) is 53.6 Å². The smallest absolute Gasteiger partial charge is 0.366 e. The van der Waals surface area contributed by atoms with Gasteiger partial charge in [0.1, 0.15) is 17.5 Å². The Hall–Kier alpha value is -1.71. The lowest BCUT2D eigenvalue weighted by atomic mass is 9.82. The second-order valence-corrected chi connectivity index (χ2v) is 5.82. The Kier molecular flexibility index (Phi) is 3.00. The van der Waals surface area contributed by atoms with Crippen LogP contribution in [0.1, 0.15) is 38.8 Å². The summed E-state index contributed by atoms with van der Waals surface area (Å²) in [5.41, 5.74) is -0.200. The highest BCUT2D eigenvalue weighted by Gasteiger charge is 2.48. The monoisotopic (exact) mass is 272 g/mol. The van der Waals surface area contributed by atoms with E-state index in [0.717, 1.165) is 4.68 Å². The third-order valence-electron chi connectivity index (χ3n) is 3.40. The van der Waals surface area contributed by atoms with Crippen molar-refractivity contribution in [3.63, 3.8) is 0 Å². The average molecular weight is 272 g/mol. The number of nitrogens with one attached hydrogen (secondary N) is 1. The molecule has 0 amide bonds. The van der Waals surface area contributed by atoms with Crippen LogP contribution in [0.3, 0.4) is 0 Å². The van der Waals surface area contributed by atoms with E-state index in [1.807, 2.05) is 26.8 Å². The van der Waals surface area contributed by atoms with E-state index >= 15 is 0 Å². The van der Waals surface area contributed by atoms with Crippen LogP contribution in [0.15, 0.2) is 6.20 Å². The number of hydrogen-bond donors (Lipinski definition) is 1. The van der Waals surface area contributed by atoms with Crippen molar-refractivity contribution < 1.29 is 13.2 Å². The van der Waals surface area contributed by atoms with Crippen LogP contribution >= 0.6 is 0 Å². The van der Waals surface area contributed by atoms with Crippen LogP contribution in [0.25, 0.3) is 0 Å². The summed E-state index contributed by atoms with van der Waals surface area (Å²) in [6, 6.07) is -0.185. The Balaban J connectivity index is 2.49. The van der Waals surface area contributed by atoms with Gasteiger partial charge in [0.05, 0.1) is 6.20 Å². The minimum atomic E-state index is -4.38. The summed E-state index contributed by atoms with van der Waals surface area (Å²) >= 11 is 0. The molecule has 0 fully saturated rings. The van der Waals surface area contributed by atoms with Crippen LogP contribution in [-0.4, -0.2) is 22.0 Å². The molecule has 0 aromatic carbocycles. The average Bonchev–Trinajstić information content (AvgIpc) is 2.67. The fourth-order valence-corrected chi connectivity index (χ4v) is 2.21. The number of nitrogens with zero attached hydrogens (tertiary/aromatic N) is 3. The largest absolute Gasteiger partial charge is 0.410 e. The molecule has 1 aliphatic heterocycles. The summed E-state index contributed by atoms with van der Waals surface area (Å²) < 4.78 is 40.2. The summed E-state index contributed by atoms with van der Waals surface area (Å²) in [5, 5.41) is 15.7. The van der Waals surface area contributed by atoms with Crippen LogP contribution in [0.2, 0.25) is 0 Å². The molecule has 1 aromatic heterocycles. The number of nitriles is 1. The molecule has 2 atom stereocenters. The van der Waals surface area contributed by atoms with Crippen molar-refractivity contribution in [2.75, 3.05) is 5.32 Å². The first-order chi connectivity index (χ1) is 8.64. The van der Waals surface area contributed by atoms with Crippen LogP contribution in [0.4, 0.5) is 19.0 Å². The second-order valence-electron chi connectivity index (χ2n) is 5.82. The van der Waals surface area contributed by atoms with Crippen molar-refractivity contribution in [1.82, 2.24) is 9.78 Å². The third-order valence-corrected chi connectivity index (χ3v) is 3.40. The second kappa shape index (κ2) is 4.15. The molecule has 2 heterocycles. The quantitative estimate of drug-likeness (QED) is 0.789. The number of aromatic nitrogens is 2. The van der Waals surface area contributed by atoms with Gasteiger partial charge in [-0.1, -0.05) is 20.8 Å². The lowest BCUT2D eigenvalue weighted by molar-refractivity contribution is -0.175. The van der Waals surface area contributed by atoms with E-state index in [2.05, 4.69) is 10.4 Å². The van der Waals surface area contributed by atoms with Crippen molar-refractivity contribution in [3.8, 4) is 6.07 Å². The van der Waals surface area contributed by atoms with E-state index in [-0.39, 0.29) is 29.3 Å². The van der Waals surface area contributed by atoms with Crippen LogP contribution in [0, 0.1) is 16.7 Å². The highest BCUT2D eigenvalue weighted by atomic mass is 19.4. The van der Waals surface area contributed by atoms with E-state index in [1.54, 1.807) is 0 Å². The van der Waals surface area contributed by atoms with E-state index in [9.17, 15) is 13.2 Å². The number of alkyl halides is 3. The predicted molar refractivity (Wildman–Crippen MR) is 63.5 cm³/mol. The standard InChI is InChI=1S/C12H15F3N4/c1-11(2,3)8-4-9(12(13,14)15)19-10(18-8)7(5-16)6-17-19/h6,8-9,18H,4H2,1-3H3/t8-,9-/m0/s1. The van der Waals surface area contributed by atoms with Gasteiger partial charge in [0.25, 0.3) is 0 Å². The molecule has 7 heteroatoms. The molecule has 2 rings (SSSR count). The summed E-state index contributed by atoms with van der Waals surface area (Å²) in [6.07, 6.45) is -3.29. The lowest BCUT2D eigenvalue weighted by Gasteiger charge is -2.39. The third kappa shape index (κ3) is 2.39. The van der Waals surface area contributed by atoms with Gasteiger partial charge in [-0.2, -0.15) is 23.5 Å². The minimum Gasteiger partial charge on any atom is -0.366 e. The molecule has 0 aliphatic carbocycles. The Bertz CT molecular complexity index is 519. The van der Waals surface area contributed by atoms with Crippen LogP contribution in [0.5, 0.6) is 0 Å². The minimum absolute atomic E-state index is 0.0907. The molecule has 19 heavy (non-hydrogen) atoms. The Morgan fingerprint density at radius 2 is 2.05 bits per heavy atom. The van der Waals surface area contributed by atoms with E-state index in [4.69, 9.17) is 5.26 Å². The van der Waals surface area contributed by atoms with Gasteiger partial charge in [0.15, 0.2) is 6.04 Å². The molecule has 0 bridgehead atoms. The predicted octanol–water partition coefficient (Wildman–Crippen LogP) is 3.09. The molecule has 0 radical (unpaired) electrons. The molecule has 0 saturated carbocycles. The normalized spacial score (nSPS) is 23.4. The summed E-state index contributed by atoms with van der Waals surface area (Å²) in [4.78, 5) is 0. The van der Waals surface area contributed by atoms with E-state index in [0.29, 0.717) is 0 Å². The van der Waals surface area contributed by atoms with Crippen molar-refractivity contribution in [2.24, 2.45) is 5.41 Å². The van der Waals surface area contributed by atoms with Crippen LogP contribution in [-0.2, 0) is 0 Å². The Morgan fingerprint density at radius 1 is 1.42 bits per heavy atom. The zero-order valence-corrected chi connectivity index (χ0v) is 10.9. The maximum absolute atomic E-state index is 13.1.